The summed E-state index contributed by atoms with van der Waals surface area (Å²) in [5, 5.41) is 21.6. The Hall–Kier alpha value is -6.20. The minimum Gasteiger partial charge on any atom is -0.497 e. The Morgan fingerprint density at radius 2 is 1.71 bits per heavy atom. The van der Waals surface area contributed by atoms with Crippen molar-refractivity contribution in [3.05, 3.63) is 124 Å². The first-order valence-corrected chi connectivity index (χ1v) is 16.4. The molecule has 0 amide bonds. The van der Waals surface area contributed by atoms with Crippen LogP contribution >= 0.6 is 0 Å². The minimum absolute atomic E-state index is 0.0542. The Morgan fingerprint density at radius 3 is 2.48 bits per heavy atom. The fourth-order valence-corrected chi connectivity index (χ4v) is 5.76. The van der Waals surface area contributed by atoms with Crippen molar-refractivity contribution in [1.29, 1.82) is 5.26 Å². The first-order chi connectivity index (χ1) is 25.4. The van der Waals surface area contributed by atoms with Gasteiger partial charge in [-0.3, -0.25) is 0 Å². The van der Waals surface area contributed by atoms with Crippen molar-refractivity contribution in [1.82, 2.24) is 24.9 Å². The molecule has 6 aromatic rings. The van der Waals surface area contributed by atoms with Gasteiger partial charge in [0.25, 0.3) is 5.88 Å². The molecule has 1 aliphatic heterocycles. The van der Waals surface area contributed by atoms with E-state index in [0.717, 1.165) is 42.4 Å². The van der Waals surface area contributed by atoms with Gasteiger partial charge in [-0.1, -0.05) is 24.3 Å². The standard InChI is InChI=1S/C38H31F3N6O5/c1-48-27-11-8-23(9-12-27)21-50-37-18-34(52-46-37)38-45-44-35(47(38)20-28-4-3-13-49-28)16-26-15-32(41)29(17-31(26)40)33-5-2-6-36(43-33)51-22-25-10-7-24(19-42)14-30(25)39/h2,5-12,14-15,17-18,28H,3-4,13,16,20-22H2,1H3/t28-/m0/s1. The lowest BCUT2D eigenvalue weighted by Gasteiger charge is -2.15. The lowest BCUT2D eigenvalue weighted by molar-refractivity contribution is 0.0965. The van der Waals surface area contributed by atoms with Crippen molar-refractivity contribution in [2.45, 2.75) is 45.1 Å². The molecule has 1 saturated heterocycles. The number of methoxy groups -OCH3 is 1. The fourth-order valence-electron chi connectivity index (χ4n) is 5.76. The van der Waals surface area contributed by atoms with E-state index in [1.807, 2.05) is 30.3 Å². The number of pyridine rings is 1. The summed E-state index contributed by atoms with van der Waals surface area (Å²) in [5.74, 6) is 0.0848. The third-order valence-corrected chi connectivity index (χ3v) is 8.53. The monoisotopic (exact) mass is 708 g/mol. The van der Waals surface area contributed by atoms with E-state index in [1.54, 1.807) is 23.8 Å². The maximum absolute atomic E-state index is 15.7. The Labute approximate surface area is 296 Å². The molecule has 0 radical (unpaired) electrons. The van der Waals surface area contributed by atoms with Gasteiger partial charge in [-0.15, -0.1) is 10.2 Å². The first kappa shape index (κ1) is 34.3. The highest BCUT2D eigenvalue weighted by Gasteiger charge is 2.25. The van der Waals surface area contributed by atoms with E-state index in [1.165, 1.54) is 24.3 Å². The minimum atomic E-state index is -0.710. The van der Waals surface area contributed by atoms with E-state index in [4.69, 9.17) is 28.7 Å². The number of ether oxygens (including phenoxy) is 4. The number of nitriles is 1. The first-order valence-electron chi connectivity index (χ1n) is 16.4. The SMILES string of the molecule is COc1ccc(COc2cc(-c3nnc(Cc4cc(F)c(-c5cccc(OCc6ccc(C#N)cc6F)n5)cc4F)n3C[C@@H]3CCCO3)on2)cc1. The van der Waals surface area contributed by atoms with Crippen LogP contribution < -0.4 is 14.2 Å². The lowest BCUT2D eigenvalue weighted by Crippen LogP contribution is -2.18. The Balaban J connectivity index is 1.09. The Kier molecular flexibility index (Phi) is 10.1. The van der Waals surface area contributed by atoms with Crippen LogP contribution in [0, 0.1) is 28.8 Å². The Bertz CT molecular complexity index is 2230. The highest BCUT2D eigenvalue weighted by atomic mass is 19.1. The lowest BCUT2D eigenvalue weighted by atomic mass is 10.0. The molecule has 3 aromatic carbocycles. The molecule has 1 atom stereocenters. The van der Waals surface area contributed by atoms with Crippen LogP contribution in [0.5, 0.6) is 17.5 Å². The second-order valence-corrected chi connectivity index (χ2v) is 12.0. The van der Waals surface area contributed by atoms with Crippen molar-refractivity contribution in [2.75, 3.05) is 13.7 Å². The summed E-state index contributed by atoms with van der Waals surface area (Å²) in [5.41, 5.74) is 1.40. The molecule has 52 heavy (non-hydrogen) atoms. The molecule has 3 aromatic heterocycles. The molecular formula is C38H31F3N6O5. The summed E-state index contributed by atoms with van der Waals surface area (Å²) in [6.07, 6.45) is 1.52. The van der Waals surface area contributed by atoms with Crippen LogP contribution in [0.3, 0.4) is 0 Å². The molecule has 11 nitrogen and oxygen atoms in total. The smallest absolute Gasteiger partial charge is 0.255 e. The quantitative estimate of drug-likeness (QED) is 0.121. The zero-order valence-electron chi connectivity index (χ0n) is 27.9. The largest absolute Gasteiger partial charge is 0.497 e. The average Bonchev–Trinajstić information content (AvgIpc) is 3.94. The normalized spacial score (nSPS) is 13.9. The van der Waals surface area contributed by atoms with E-state index in [2.05, 4.69) is 20.3 Å². The van der Waals surface area contributed by atoms with Crippen molar-refractivity contribution < 1.29 is 36.6 Å². The third-order valence-electron chi connectivity index (χ3n) is 8.53. The molecule has 1 fully saturated rings. The summed E-state index contributed by atoms with van der Waals surface area (Å²) in [6.45, 7) is 1.06. The van der Waals surface area contributed by atoms with Gasteiger partial charge in [0, 0.05) is 30.2 Å². The Morgan fingerprint density at radius 1 is 0.885 bits per heavy atom. The molecule has 0 unspecified atom stereocenters. The van der Waals surface area contributed by atoms with E-state index < -0.39 is 17.5 Å². The van der Waals surface area contributed by atoms with Crippen molar-refractivity contribution in [3.8, 4) is 46.4 Å². The molecule has 0 N–H and O–H groups in total. The predicted octanol–water partition coefficient (Wildman–Crippen LogP) is 7.22. The average molecular weight is 709 g/mol. The number of rotatable bonds is 13. The number of nitrogens with zero attached hydrogens (tertiary/aromatic N) is 6. The predicted molar refractivity (Wildman–Crippen MR) is 180 cm³/mol. The van der Waals surface area contributed by atoms with E-state index in [-0.39, 0.29) is 65.4 Å². The summed E-state index contributed by atoms with van der Waals surface area (Å²) >= 11 is 0. The zero-order chi connectivity index (χ0) is 36.0. The second-order valence-electron chi connectivity index (χ2n) is 12.0. The molecule has 14 heteroatoms. The summed E-state index contributed by atoms with van der Waals surface area (Å²) in [7, 11) is 1.60. The summed E-state index contributed by atoms with van der Waals surface area (Å²) in [6, 6.07) is 21.7. The van der Waals surface area contributed by atoms with E-state index in [0.29, 0.717) is 30.6 Å². The molecule has 0 bridgehead atoms. The van der Waals surface area contributed by atoms with Crippen LogP contribution in [0.1, 0.15) is 40.9 Å². The zero-order valence-corrected chi connectivity index (χ0v) is 27.9. The topological polar surface area (TPSA) is 130 Å². The highest BCUT2D eigenvalue weighted by molar-refractivity contribution is 5.61. The number of hydrogen-bond acceptors (Lipinski definition) is 10. The summed E-state index contributed by atoms with van der Waals surface area (Å²) in [4.78, 5) is 4.31. The highest BCUT2D eigenvalue weighted by Crippen LogP contribution is 2.30. The van der Waals surface area contributed by atoms with Gasteiger partial charge >= 0.3 is 0 Å². The number of aromatic nitrogens is 5. The molecule has 0 aliphatic carbocycles. The molecular weight excluding hydrogens is 677 g/mol. The maximum atomic E-state index is 15.7. The maximum Gasteiger partial charge on any atom is 0.255 e. The van der Waals surface area contributed by atoms with Gasteiger partial charge in [-0.05, 0) is 71.6 Å². The van der Waals surface area contributed by atoms with Crippen LogP contribution in [0.4, 0.5) is 13.2 Å². The number of halogens is 3. The molecule has 0 saturated carbocycles. The summed E-state index contributed by atoms with van der Waals surface area (Å²) < 4.78 is 75.5. The van der Waals surface area contributed by atoms with Crippen molar-refractivity contribution >= 4 is 0 Å². The number of benzene rings is 3. The number of hydrogen-bond donors (Lipinski definition) is 0. The van der Waals surface area contributed by atoms with Gasteiger partial charge in [-0.2, -0.15) is 5.26 Å². The van der Waals surface area contributed by atoms with Crippen LogP contribution in [0.2, 0.25) is 0 Å². The molecule has 1 aliphatic rings. The van der Waals surface area contributed by atoms with Gasteiger partial charge in [-0.25, -0.2) is 18.2 Å². The van der Waals surface area contributed by atoms with Crippen LogP contribution in [-0.4, -0.2) is 44.7 Å². The van der Waals surface area contributed by atoms with Crippen molar-refractivity contribution in [2.24, 2.45) is 0 Å². The van der Waals surface area contributed by atoms with Crippen LogP contribution in [0.25, 0.3) is 22.8 Å². The molecule has 264 valence electrons. The molecule has 7 rings (SSSR count). The van der Waals surface area contributed by atoms with Gasteiger partial charge < -0.3 is 28.0 Å². The van der Waals surface area contributed by atoms with E-state index in [9.17, 15) is 4.39 Å². The van der Waals surface area contributed by atoms with Crippen LogP contribution in [-0.2, 0) is 30.9 Å². The molecule has 0 spiro atoms. The van der Waals surface area contributed by atoms with Crippen LogP contribution in [0.15, 0.2) is 83.4 Å². The second kappa shape index (κ2) is 15.4. The van der Waals surface area contributed by atoms with Crippen molar-refractivity contribution in [3.63, 3.8) is 0 Å². The molecule has 4 heterocycles. The van der Waals surface area contributed by atoms with Gasteiger partial charge in [0.2, 0.25) is 17.5 Å². The van der Waals surface area contributed by atoms with Gasteiger partial charge in [0.05, 0.1) is 43.2 Å². The van der Waals surface area contributed by atoms with E-state index >= 15 is 8.78 Å². The van der Waals surface area contributed by atoms with Gasteiger partial charge in [0.15, 0.2) is 0 Å². The fraction of sp³-hybridized carbons (Fsp3) is 0.237. The van der Waals surface area contributed by atoms with Gasteiger partial charge in [0.1, 0.15) is 42.2 Å². The third kappa shape index (κ3) is 7.74.